The van der Waals surface area contributed by atoms with E-state index in [0.717, 1.165) is 30.5 Å². The normalized spacial score (nSPS) is 22.5. The molecule has 198 valence electrons. The Bertz CT molecular complexity index is 1370. The lowest BCUT2D eigenvalue weighted by Gasteiger charge is -2.33. The molecule has 4 atom stereocenters. The molecule has 3 heterocycles. The van der Waals surface area contributed by atoms with Crippen LogP contribution in [0.5, 0.6) is 0 Å². The third-order valence-corrected chi connectivity index (χ3v) is 8.68. The number of hydrogen-bond acceptors (Lipinski definition) is 6. The van der Waals surface area contributed by atoms with Crippen molar-refractivity contribution in [2.45, 2.75) is 37.9 Å². The number of carbonyl (C=O) groups is 1. The van der Waals surface area contributed by atoms with Crippen LogP contribution in [0.25, 0.3) is 22.6 Å². The van der Waals surface area contributed by atoms with Crippen LogP contribution in [-0.2, 0) is 28.0 Å². The highest BCUT2D eigenvalue weighted by Crippen LogP contribution is 2.50. The van der Waals surface area contributed by atoms with Gasteiger partial charge in [-0.3, -0.25) is 9.69 Å². The molecule has 3 aromatic rings. The smallest absolute Gasteiger partial charge is 0.286 e. The predicted molar refractivity (Wildman–Crippen MR) is 139 cm³/mol. The van der Waals surface area contributed by atoms with Crippen LogP contribution in [0, 0.1) is 11.8 Å². The van der Waals surface area contributed by atoms with E-state index in [4.69, 9.17) is 4.74 Å². The van der Waals surface area contributed by atoms with Gasteiger partial charge in [0.05, 0.1) is 41.5 Å². The predicted octanol–water partition coefficient (Wildman–Crippen LogP) is 4.15. The number of anilines is 1. The van der Waals surface area contributed by atoms with Crippen molar-refractivity contribution in [3.8, 4) is 11.5 Å². The molecule has 0 bridgehead atoms. The van der Waals surface area contributed by atoms with E-state index in [2.05, 4.69) is 15.1 Å². The van der Waals surface area contributed by atoms with Gasteiger partial charge in [-0.05, 0) is 50.2 Å². The third-order valence-electron chi connectivity index (χ3n) is 7.94. The second kappa shape index (κ2) is 9.25. The summed E-state index contributed by atoms with van der Waals surface area (Å²) in [6.45, 7) is 4.18. The monoisotopic (exact) mass is 552 g/mol. The summed E-state index contributed by atoms with van der Waals surface area (Å²) in [5.41, 5.74) is -0.562. The highest BCUT2D eigenvalue weighted by molar-refractivity contribution is 7.92. The molecule has 1 saturated heterocycles. The van der Waals surface area contributed by atoms with Crippen LogP contribution in [0.4, 0.5) is 18.4 Å². The quantitative estimate of drug-likeness (QED) is 0.463. The molecule has 1 amide bonds. The number of fused-ring (bicyclic) bond motifs is 3. The van der Waals surface area contributed by atoms with E-state index >= 15 is 0 Å². The van der Waals surface area contributed by atoms with Crippen LogP contribution in [0.2, 0.25) is 0 Å². The van der Waals surface area contributed by atoms with Gasteiger partial charge in [-0.2, -0.15) is 18.0 Å². The number of hydrogen-bond donors (Lipinski definition) is 1. The minimum Gasteiger partial charge on any atom is -0.379 e. The lowest BCUT2D eigenvalue weighted by molar-refractivity contribution is -0.124. The van der Waals surface area contributed by atoms with E-state index in [-0.39, 0.29) is 29.3 Å². The van der Waals surface area contributed by atoms with E-state index in [1.165, 1.54) is 15.1 Å². The summed E-state index contributed by atoms with van der Waals surface area (Å²) in [5, 5.41) is 4.42. The average Bonchev–Trinajstić information content (AvgIpc) is 3.37. The maximum Gasteiger partial charge on any atom is 0.286 e. The number of aromatic amines is 1. The highest BCUT2D eigenvalue weighted by Gasteiger charge is 2.44. The third kappa shape index (κ3) is 4.45. The molecule has 2 fully saturated rings. The number of likely N-dealkylation sites (N-methyl/N-ethyl adjacent to an activating group) is 1. The summed E-state index contributed by atoms with van der Waals surface area (Å²) >= 11 is 0.0423. The minimum atomic E-state index is -3.28. The Hall–Kier alpha value is -2.14. The van der Waals surface area contributed by atoms with Gasteiger partial charge in [-0.15, -0.1) is 3.89 Å². The number of ether oxygens (including phenoxy) is 1. The maximum absolute atomic E-state index is 14.8. The molecule has 4 unspecified atom stereocenters. The zero-order chi connectivity index (χ0) is 26.1. The molecule has 1 aliphatic heterocycles. The first-order chi connectivity index (χ1) is 17.7. The first kappa shape index (κ1) is 25.2. The molecular formula is C24H28F3N6O2PS. The Morgan fingerprint density at radius 3 is 2.73 bits per heavy atom. The maximum atomic E-state index is 14.8. The molecule has 1 aromatic carbocycles. The van der Waals surface area contributed by atoms with Gasteiger partial charge < -0.3 is 14.6 Å². The first-order valence-corrected chi connectivity index (χ1v) is 13.6. The number of amides is 1. The number of nitrogens with one attached hydrogen (secondary N) is 1. The number of nitrogens with zero attached hydrogens (tertiary/aromatic N) is 5. The number of alkyl halides is 2. The molecule has 3 aliphatic rings. The summed E-state index contributed by atoms with van der Waals surface area (Å²) in [4.78, 5) is 24.4. The van der Waals surface area contributed by atoms with Crippen LogP contribution >= 0.6 is 21.6 Å². The number of halogens is 3. The Morgan fingerprint density at radius 1 is 1.30 bits per heavy atom. The fourth-order valence-corrected chi connectivity index (χ4v) is 6.24. The van der Waals surface area contributed by atoms with Crippen LogP contribution in [0.3, 0.4) is 0 Å². The molecule has 0 radical (unpaired) electrons. The van der Waals surface area contributed by atoms with Gasteiger partial charge in [0.25, 0.3) is 5.66 Å². The highest BCUT2D eigenvalue weighted by atomic mass is 32.2. The summed E-state index contributed by atoms with van der Waals surface area (Å²) < 4.78 is 49.9. The van der Waals surface area contributed by atoms with Crippen molar-refractivity contribution in [1.82, 2.24) is 24.1 Å². The molecule has 13 heteroatoms. The molecule has 37 heavy (non-hydrogen) atoms. The fourth-order valence-electron chi connectivity index (χ4n) is 5.64. The Labute approximate surface area is 218 Å². The SMILES string of the molecule is CC(C(=O)N(C)c1cc(C(F)(F)P)c2nc(-c3nn(SF)c4c3CC3CC3C4)[nH]c2c1)N1CCOCC1. The number of H-pyrrole nitrogens is 1. The van der Waals surface area contributed by atoms with Crippen molar-refractivity contribution in [3.63, 3.8) is 0 Å². The second-order valence-electron chi connectivity index (χ2n) is 10.2. The van der Waals surface area contributed by atoms with E-state index in [9.17, 15) is 17.5 Å². The molecule has 1 N–H and O–H groups in total. The minimum absolute atomic E-state index is 0.0423. The number of carbonyl (C=O) groups excluding carboxylic acids is 1. The molecule has 1 saturated carbocycles. The number of morpholine rings is 1. The second-order valence-corrected chi connectivity index (χ2v) is 11.4. The molecule has 8 nitrogen and oxygen atoms in total. The van der Waals surface area contributed by atoms with E-state index in [1.807, 2.05) is 11.8 Å². The van der Waals surface area contributed by atoms with Crippen molar-refractivity contribution in [2.75, 3.05) is 38.3 Å². The molecule has 2 aromatic heterocycles. The zero-order valence-electron chi connectivity index (χ0n) is 20.5. The summed E-state index contributed by atoms with van der Waals surface area (Å²) in [6, 6.07) is 2.53. The Morgan fingerprint density at radius 2 is 2.03 bits per heavy atom. The molecule has 6 rings (SSSR count). The zero-order valence-corrected chi connectivity index (χ0v) is 22.5. The van der Waals surface area contributed by atoms with Crippen molar-refractivity contribution in [3.05, 3.63) is 29.0 Å². The van der Waals surface area contributed by atoms with Crippen LogP contribution in [-0.4, -0.2) is 69.4 Å². The van der Waals surface area contributed by atoms with Gasteiger partial charge in [-0.25, -0.2) is 4.98 Å². The topological polar surface area (TPSA) is 79.3 Å². The largest absolute Gasteiger partial charge is 0.379 e. The first-order valence-electron chi connectivity index (χ1n) is 12.4. The van der Waals surface area contributed by atoms with Crippen molar-refractivity contribution in [2.24, 2.45) is 11.8 Å². The van der Waals surface area contributed by atoms with Gasteiger partial charge in [0, 0.05) is 31.4 Å². The summed E-state index contributed by atoms with van der Waals surface area (Å²) in [5.74, 6) is 1.24. The standard InChI is InChI=1S/C24H28F3N6O2PS/c1-12(32-3-5-35-6-4-32)23(34)31(2)15-10-17(24(25,26)36)21-18(11-15)28-22(29-21)20-16-8-13-7-14(13)9-19(16)33(30-20)37-27/h10-14H,3-9,36H2,1-2H3,(H,28,29). The lowest BCUT2D eigenvalue weighted by atomic mass is 9.96. The van der Waals surface area contributed by atoms with E-state index < -0.39 is 11.7 Å². The average molecular weight is 553 g/mol. The van der Waals surface area contributed by atoms with Crippen molar-refractivity contribution in [1.29, 1.82) is 0 Å². The number of aromatic nitrogens is 4. The fraction of sp³-hybridized carbons (Fsp3) is 0.542. The van der Waals surface area contributed by atoms with Gasteiger partial charge in [-0.1, -0.05) is 9.24 Å². The van der Waals surface area contributed by atoms with Crippen LogP contribution in [0.1, 0.15) is 30.2 Å². The number of rotatable bonds is 6. The van der Waals surface area contributed by atoms with Gasteiger partial charge >= 0.3 is 0 Å². The van der Waals surface area contributed by atoms with Gasteiger partial charge in [0.1, 0.15) is 5.69 Å². The molecule has 0 spiro atoms. The lowest BCUT2D eigenvalue weighted by Crippen LogP contribution is -2.50. The van der Waals surface area contributed by atoms with E-state index in [1.54, 1.807) is 22.4 Å². The van der Waals surface area contributed by atoms with Crippen LogP contribution in [0.15, 0.2) is 12.1 Å². The summed E-state index contributed by atoms with van der Waals surface area (Å²) in [6.07, 6.45) is 2.65. The Kier molecular flexibility index (Phi) is 6.29. The van der Waals surface area contributed by atoms with Crippen molar-refractivity contribution >= 4 is 44.2 Å². The van der Waals surface area contributed by atoms with E-state index in [0.29, 0.717) is 60.9 Å². The molecule has 2 aliphatic carbocycles. The molecular weight excluding hydrogens is 524 g/mol. The van der Waals surface area contributed by atoms with Crippen molar-refractivity contribution < 1.29 is 22.2 Å². The Balaban J connectivity index is 1.39. The van der Waals surface area contributed by atoms with Gasteiger partial charge in [0.2, 0.25) is 5.91 Å². The summed E-state index contributed by atoms with van der Waals surface area (Å²) in [7, 11) is 3.15. The van der Waals surface area contributed by atoms with Crippen LogP contribution < -0.4 is 4.90 Å². The number of benzene rings is 1. The van der Waals surface area contributed by atoms with Gasteiger partial charge in [0.15, 0.2) is 18.2 Å². The number of imidazole rings is 1.